The molecule has 2 N–H and O–H groups in total. The average Bonchev–Trinajstić information content (AvgIpc) is 2.94. The third kappa shape index (κ3) is 2.21. The average molecular weight is 230 g/mol. The third-order valence-electron chi connectivity index (χ3n) is 3.56. The van der Waals surface area contributed by atoms with Gasteiger partial charge in [-0.15, -0.1) is 0 Å². The number of hydrogen-bond donors (Lipinski definition) is 1. The van der Waals surface area contributed by atoms with Crippen LogP contribution in [0.15, 0.2) is 34.7 Å². The maximum absolute atomic E-state index is 5.83. The van der Waals surface area contributed by atoms with Crippen molar-refractivity contribution in [2.45, 2.75) is 13.0 Å². The van der Waals surface area contributed by atoms with E-state index in [1.165, 1.54) is 11.8 Å². The van der Waals surface area contributed by atoms with Crippen LogP contribution in [0.4, 0.5) is 0 Å². The molecule has 1 saturated heterocycles. The van der Waals surface area contributed by atoms with Gasteiger partial charge in [-0.05, 0) is 37.6 Å². The van der Waals surface area contributed by atoms with Crippen molar-refractivity contribution in [2.24, 2.45) is 11.7 Å². The number of nitrogens with two attached hydrogens (primary N) is 1. The van der Waals surface area contributed by atoms with Crippen LogP contribution in [0, 0.1) is 5.92 Å². The fraction of sp³-hybridized carbons (Fsp3) is 0.429. The number of para-hydroxylation sites is 1. The molecule has 1 aliphatic heterocycles. The van der Waals surface area contributed by atoms with E-state index in [0.29, 0.717) is 5.92 Å². The number of furan rings is 1. The van der Waals surface area contributed by atoms with Gasteiger partial charge in [0.05, 0.1) is 6.54 Å². The molecular formula is C14H18N2O. The summed E-state index contributed by atoms with van der Waals surface area (Å²) in [5.41, 5.74) is 6.68. The van der Waals surface area contributed by atoms with Crippen molar-refractivity contribution in [3.8, 4) is 0 Å². The molecule has 0 bridgehead atoms. The summed E-state index contributed by atoms with van der Waals surface area (Å²) in [5, 5.41) is 1.19. The Bertz CT molecular complexity index is 473. The van der Waals surface area contributed by atoms with Crippen LogP contribution in [0.25, 0.3) is 11.0 Å². The van der Waals surface area contributed by atoms with Crippen molar-refractivity contribution in [1.29, 1.82) is 0 Å². The highest BCUT2D eigenvalue weighted by atomic mass is 16.3. The molecule has 0 aliphatic carbocycles. The highest BCUT2D eigenvalue weighted by Gasteiger charge is 2.21. The molecule has 90 valence electrons. The van der Waals surface area contributed by atoms with Crippen LogP contribution in [0.3, 0.4) is 0 Å². The van der Waals surface area contributed by atoms with Gasteiger partial charge in [-0.2, -0.15) is 0 Å². The molecule has 1 aliphatic rings. The van der Waals surface area contributed by atoms with E-state index in [0.717, 1.165) is 37.5 Å². The Labute approximate surface area is 101 Å². The molecule has 1 fully saturated rings. The Morgan fingerprint density at radius 3 is 3.00 bits per heavy atom. The summed E-state index contributed by atoms with van der Waals surface area (Å²) in [7, 11) is 0. The van der Waals surface area contributed by atoms with Gasteiger partial charge in [0.2, 0.25) is 0 Å². The van der Waals surface area contributed by atoms with Crippen molar-refractivity contribution in [3.05, 3.63) is 36.1 Å². The number of likely N-dealkylation sites (tertiary alicyclic amines) is 1. The maximum Gasteiger partial charge on any atom is 0.134 e. The van der Waals surface area contributed by atoms with Gasteiger partial charge in [0.1, 0.15) is 11.3 Å². The SMILES string of the molecule is NCC1CCN(Cc2cc3ccccc3o2)C1. The molecule has 0 amide bonds. The van der Waals surface area contributed by atoms with E-state index >= 15 is 0 Å². The van der Waals surface area contributed by atoms with Crippen molar-refractivity contribution in [1.82, 2.24) is 4.90 Å². The first-order valence-electron chi connectivity index (χ1n) is 6.25. The van der Waals surface area contributed by atoms with E-state index in [4.69, 9.17) is 10.2 Å². The van der Waals surface area contributed by atoms with Gasteiger partial charge in [0, 0.05) is 11.9 Å². The van der Waals surface area contributed by atoms with Crippen molar-refractivity contribution in [2.75, 3.05) is 19.6 Å². The zero-order valence-electron chi connectivity index (χ0n) is 9.93. The number of nitrogens with zero attached hydrogens (tertiary/aromatic N) is 1. The lowest BCUT2D eigenvalue weighted by molar-refractivity contribution is 0.291. The number of fused-ring (bicyclic) bond motifs is 1. The molecular weight excluding hydrogens is 212 g/mol. The lowest BCUT2D eigenvalue weighted by atomic mass is 10.1. The topological polar surface area (TPSA) is 42.4 Å². The second-order valence-corrected chi connectivity index (χ2v) is 4.88. The monoisotopic (exact) mass is 230 g/mol. The standard InChI is InChI=1S/C14H18N2O/c15-8-11-5-6-16(9-11)10-13-7-12-3-1-2-4-14(12)17-13/h1-4,7,11H,5-6,8-10,15H2. The van der Waals surface area contributed by atoms with Gasteiger partial charge in [0.25, 0.3) is 0 Å². The summed E-state index contributed by atoms with van der Waals surface area (Å²) < 4.78 is 5.83. The second-order valence-electron chi connectivity index (χ2n) is 4.88. The molecule has 0 spiro atoms. The van der Waals surface area contributed by atoms with Crippen LogP contribution >= 0.6 is 0 Å². The van der Waals surface area contributed by atoms with Crippen LogP contribution < -0.4 is 5.73 Å². The molecule has 3 rings (SSSR count). The predicted octanol–water partition coefficient (Wildman–Crippen LogP) is 2.21. The molecule has 3 nitrogen and oxygen atoms in total. The summed E-state index contributed by atoms with van der Waals surface area (Å²) in [6, 6.07) is 10.3. The molecule has 3 heteroatoms. The van der Waals surface area contributed by atoms with E-state index < -0.39 is 0 Å². The van der Waals surface area contributed by atoms with E-state index in [1.807, 2.05) is 18.2 Å². The summed E-state index contributed by atoms with van der Waals surface area (Å²) in [4.78, 5) is 2.43. The predicted molar refractivity (Wildman–Crippen MR) is 68.7 cm³/mol. The molecule has 0 radical (unpaired) electrons. The first kappa shape index (κ1) is 10.8. The summed E-state index contributed by atoms with van der Waals surface area (Å²) in [6.45, 7) is 3.95. The smallest absolute Gasteiger partial charge is 0.134 e. The molecule has 1 aromatic carbocycles. The van der Waals surface area contributed by atoms with Crippen LogP contribution in [-0.2, 0) is 6.54 Å². The minimum Gasteiger partial charge on any atom is -0.460 e. The normalized spacial score (nSPS) is 21.4. The molecule has 2 aromatic rings. The summed E-state index contributed by atoms with van der Waals surface area (Å²) >= 11 is 0. The zero-order valence-corrected chi connectivity index (χ0v) is 9.93. The van der Waals surface area contributed by atoms with Gasteiger partial charge in [-0.25, -0.2) is 0 Å². The van der Waals surface area contributed by atoms with Crippen molar-refractivity contribution >= 4 is 11.0 Å². The summed E-state index contributed by atoms with van der Waals surface area (Å²) in [6.07, 6.45) is 1.22. The first-order chi connectivity index (χ1) is 8.35. The Morgan fingerprint density at radius 2 is 2.24 bits per heavy atom. The molecule has 17 heavy (non-hydrogen) atoms. The fourth-order valence-corrected chi connectivity index (χ4v) is 2.58. The van der Waals surface area contributed by atoms with Crippen molar-refractivity contribution < 1.29 is 4.42 Å². The first-order valence-corrected chi connectivity index (χ1v) is 6.25. The van der Waals surface area contributed by atoms with Crippen molar-refractivity contribution in [3.63, 3.8) is 0 Å². The molecule has 2 heterocycles. The molecule has 0 saturated carbocycles. The third-order valence-corrected chi connectivity index (χ3v) is 3.56. The minimum absolute atomic E-state index is 0.666. The Balaban J connectivity index is 1.73. The zero-order chi connectivity index (χ0) is 11.7. The van der Waals surface area contributed by atoms with Gasteiger partial charge in [0.15, 0.2) is 0 Å². The van der Waals surface area contributed by atoms with Gasteiger partial charge in [-0.1, -0.05) is 18.2 Å². The fourth-order valence-electron chi connectivity index (χ4n) is 2.58. The quantitative estimate of drug-likeness (QED) is 0.879. The largest absolute Gasteiger partial charge is 0.460 e. The number of rotatable bonds is 3. The Kier molecular flexibility index (Phi) is 2.87. The van der Waals surface area contributed by atoms with E-state index in [1.54, 1.807) is 0 Å². The van der Waals surface area contributed by atoms with E-state index in [9.17, 15) is 0 Å². The highest BCUT2D eigenvalue weighted by Crippen LogP contribution is 2.22. The lowest BCUT2D eigenvalue weighted by Crippen LogP contribution is -2.22. The number of hydrogen-bond acceptors (Lipinski definition) is 3. The van der Waals surface area contributed by atoms with Crippen LogP contribution in [-0.4, -0.2) is 24.5 Å². The lowest BCUT2D eigenvalue weighted by Gasteiger charge is -2.13. The van der Waals surface area contributed by atoms with E-state index in [-0.39, 0.29) is 0 Å². The highest BCUT2D eigenvalue weighted by molar-refractivity contribution is 5.77. The van der Waals surface area contributed by atoms with Crippen LogP contribution in [0.1, 0.15) is 12.2 Å². The van der Waals surface area contributed by atoms with Crippen LogP contribution in [0.2, 0.25) is 0 Å². The minimum atomic E-state index is 0.666. The van der Waals surface area contributed by atoms with Gasteiger partial charge in [-0.3, -0.25) is 4.90 Å². The second kappa shape index (κ2) is 4.51. The Morgan fingerprint density at radius 1 is 1.35 bits per heavy atom. The molecule has 1 aromatic heterocycles. The maximum atomic E-state index is 5.83. The van der Waals surface area contributed by atoms with Gasteiger partial charge < -0.3 is 10.2 Å². The Hall–Kier alpha value is -1.32. The molecule has 1 unspecified atom stereocenters. The van der Waals surface area contributed by atoms with Gasteiger partial charge >= 0.3 is 0 Å². The molecule has 1 atom stereocenters. The number of benzene rings is 1. The summed E-state index contributed by atoms with van der Waals surface area (Å²) in [5.74, 6) is 1.73. The van der Waals surface area contributed by atoms with Crippen LogP contribution in [0.5, 0.6) is 0 Å². The van der Waals surface area contributed by atoms with E-state index in [2.05, 4.69) is 17.0 Å².